The monoisotopic (exact) mass is 405 g/mol. The Labute approximate surface area is 154 Å². The van der Waals surface area contributed by atoms with Crippen molar-refractivity contribution in [3.8, 4) is 6.07 Å². The lowest BCUT2D eigenvalue weighted by molar-refractivity contribution is -0.136. The van der Waals surface area contributed by atoms with Gasteiger partial charge >= 0.3 is 6.18 Å². The highest BCUT2D eigenvalue weighted by atomic mass is 35.5. The van der Waals surface area contributed by atoms with Gasteiger partial charge in [0.1, 0.15) is 6.07 Å². The van der Waals surface area contributed by atoms with Gasteiger partial charge in [-0.25, -0.2) is 13.1 Å². The van der Waals surface area contributed by atoms with Crippen LogP contribution in [0.5, 0.6) is 0 Å². The van der Waals surface area contributed by atoms with E-state index >= 15 is 0 Å². The molecule has 0 aromatic heterocycles. The minimum atomic E-state index is -4.62. The number of nitrogens with one attached hydrogen (secondary N) is 1. The highest BCUT2D eigenvalue weighted by Gasteiger charge is 2.41. The van der Waals surface area contributed by atoms with Crippen LogP contribution < -0.4 is 9.62 Å². The number of alkyl halides is 3. The fourth-order valence-corrected chi connectivity index (χ4v) is 4.13. The zero-order valence-electron chi connectivity index (χ0n) is 13.6. The smallest absolute Gasteiger partial charge is 0.338 e. The molecular weight excluding hydrogens is 391 g/mol. The van der Waals surface area contributed by atoms with Crippen molar-refractivity contribution in [3.05, 3.63) is 52.0 Å². The third-order valence-electron chi connectivity index (χ3n) is 3.55. The van der Waals surface area contributed by atoms with Crippen LogP contribution in [0.1, 0.15) is 13.3 Å². The summed E-state index contributed by atoms with van der Waals surface area (Å²) < 4.78 is 66.5. The predicted octanol–water partition coefficient (Wildman–Crippen LogP) is 3.71. The molecule has 140 valence electrons. The molecule has 0 bridgehead atoms. The Kier molecular flexibility index (Phi) is 6.01. The van der Waals surface area contributed by atoms with Gasteiger partial charge in [0, 0.05) is 23.5 Å². The van der Waals surface area contributed by atoms with Crippen molar-refractivity contribution in [2.24, 2.45) is 0 Å². The number of hydrogen-bond acceptors (Lipinski definition) is 4. The first-order valence-electron chi connectivity index (χ1n) is 7.51. The van der Waals surface area contributed by atoms with E-state index in [1.807, 2.05) is 0 Å². The van der Waals surface area contributed by atoms with Gasteiger partial charge in [-0.15, -0.1) is 0 Å². The Bertz CT molecular complexity index is 889. The van der Waals surface area contributed by atoms with Crippen LogP contribution in [0.4, 0.5) is 18.9 Å². The summed E-state index contributed by atoms with van der Waals surface area (Å²) >= 11 is 5.91. The molecule has 0 saturated carbocycles. The van der Waals surface area contributed by atoms with Crippen molar-refractivity contribution in [1.82, 2.24) is 4.72 Å². The van der Waals surface area contributed by atoms with Gasteiger partial charge in [-0.1, -0.05) is 24.6 Å². The van der Waals surface area contributed by atoms with Gasteiger partial charge in [-0.3, -0.25) is 0 Å². The number of nitrogens with zero attached hydrogens (tertiary/aromatic N) is 2. The first kappa shape index (κ1) is 20.3. The van der Waals surface area contributed by atoms with Gasteiger partial charge in [0.2, 0.25) is 10.0 Å². The molecule has 1 atom stereocenters. The average molecular weight is 406 g/mol. The first-order valence-corrected chi connectivity index (χ1v) is 9.37. The van der Waals surface area contributed by atoms with Crippen LogP contribution in [0.25, 0.3) is 0 Å². The second-order valence-corrected chi connectivity index (χ2v) is 7.67. The second-order valence-electron chi connectivity index (χ2n) is 5.47. The molecule has 0 amide bonds. The largest absolute Gasteiger partial charge is 0.391 e. The number of hydrogen-bond donors (Lipinski definition) is 1. The molecular formula is C16H15ClF3N3O2S. The summed E-state index contributed by atoms with van der Waals surface area (Å²) in [4.78, 5) is 0.595. The second kappa shape index (κ2) is 7.70. The number of halogens is 4. The molecule has 1 aromatic carbocycles. The summed E-state index contributed by atoms with van der Waals surface area (Å²) in [6, 6.07) is 6.18. The molecule has 0 aliphatic carbocycles. The Morgan fingerprint density at radius 2 is 2.08 bits per heavy atom. The lowest BCUT2D eigenvalue weighted by Crippen LogP contribution is -2.43. The zero-order chi connectivity index (χ0) is 19.5. The molecule has 1 aromatic rings. The van der Waals surface area contributed by atoms with Crippen LogP contribution in [-0.4, -0.2) is 27.2 Å². The van der Waals surface area contributed by atoms with Crippen molar-refractivity contribution >= 4 is 27.3 Å². The van der Waals surface area contributed by atoms with Crippen LogP contribution in [0.15, 0.2) is 47.0 Å². The van der Waals surface area contributed by atoms with E-state index < -0.39 is 33.6 Å². The van der Waals surface area contributed by atoms with Gasteiger partial charge < -0.3 is 4.90 Å². The molecule has 0 fully saturated rings. The van der Waals surface area contributed by atoms with E-state index in [4.69, 9.17) is 11.6 Å². The third kappa shape index (κ3) is 4.78. The lowest BCUT2D eigenvalue weighted by Gasteiger charge is -2.35. The molecule has 1 aliphatic heterocycles. The number of nitriles is 1. The highest BCUT2D eigenvalue weighted by molar-refractivity contribution is 7.93. The summed E-state index contributed by atoms with van der Waals surface area (Å²) in [6.45, 7) is 1.51. The number of allylic oxidation sites excluding steroid dienone is 2. The maximum absolute atomic E-state index is 13.2. The van der Waals surface area contributed by atoms with Crippen LogP contribution in [0, 0.1) is 11.3 Å². The van der Waals surface area contributed by atoms with Crippen LogP contribution in [-0.2, 0) is 10.0 Å². The van der Waals surface area contributed by atoms with Gasteiger partial charge in [0.15, 0.2) is 0 Å². The van der Waals surface area contributed by atoms with E-state index in [9.17, 15) is 26.9 Å². The van der Waals surface area contributed by atoms with Crippen LogP contribution in [0.3, 0.4) is 0 Å². The van der Waals surface area contributed by atoms with Gasteiger partial charge in [0.05, 0.1) is 22.9 Å². The SMILES string of the molecule is CCNS(=O)(=O)C1=CC(C#N)=CN(c2cccc(Cl)c2)C1CC(F)(F)F. The first-order chi connectivity index (χ1) is 12.1. The predicted molar refractivity (Wildman–Crippen MR) is 92.8 cm³/mol. The molecule has 0 radical (unpaired) electrons. The Hall–Kier alpha value is -2.02. The number of sulfonamides is 1. The summed E-state index contributed by atoms with van der Waals surface area (Å²) in [7, 11) is -4.20. The van der Waals surface area contributed by atoms with Crippen LogP contribution >= 0.6 is 11.6 Å². The summed E-state index contributed by atoms with van der Waals surface area (Å²) in [6.07, 6.45) is -3.88. The zero-order valence-corrected chi connectivity index (χ0v) is 15.2. The number of anilines is 1. The van der Waals surface area contributed by atoms with E-state index in [0.29, 0.717) is 0 Å². The quantitative estimate of drug-likeness (QED) is 0.810. The standard InChI is InChI=1S/C16H15ClF3N3O2S/c1-2-22-26(24,25)15-6-11(9-21)10-23(14(15)8-16(18,19)20)13-5-3-4-12(17)7-13/h3-7,10,14,22H,2,8H2,1H3. The summed E-state index contributed by atoms with van der Waals surface area (Å²) in [5.41, 5.74) is 0.164. The molecule has 1 N–H and O–H groups in total. The van der Waals surface area contributed by atoms with Crippen molar-refractivity contribution < 1.29 is 21.6 Å². The Balaban J connectivity index is 2.63. The van der Waals surface area contributed by atoms with Crippen molar-refractivity contribution in [2.45, 2.75) is 25.6 Å². The maximum Gasteiger partial charge on any atom is 0.391 e. The van der Waals surface area contributed by atoms with Gasteiger partial charge in [-0.2, -0.15) is 18.4 Å². The minimum absolute atomic E-state index is 0.00117. The van der Waals surface area contributed by atoms with E-state index in [0.717, 1.165) is 11.0 Å². The average Bonchev–Trinajstić information content (AvgIpc) is 2.53. The van der Waals surface area contributed by atoms with E-state index in [1.54, 1.807) is 6.07 Å². The maximum atomic E-state index is 13.2. The fourth-order valence-electron chi connectivity index (χ4n) is 2.56. The van der Waals surface area contributed by atoms with Crippen LogP contribution in [0.2, 0.25) is 5.02 Å². The van der Waals surface area contributed by atoms with E-state index in [1.165, 1.54) is 37.4 Å². The molecule has 0 spiro atoms. The normalized spacial score (nSPS) is 18.2. The highest BCUT2D eigenvalue weighted by Crippen LogP contribution is 2.36. The van der Waals surface area contributed by atoms with Crippen molar-refractivity contribution in [3.63, 3.8) is 0 Å². The Morgan fingerprint density at radius 3 is 2.62 bits per heavy atom. The Morgan fingerprint density at radius 1 is 1.38 bits per heavy atom. The van der Waals surface area contributed by atoms with Crippen molar-refractivity contribution in [2.75, 3.05) is 11.4 Å². The number of benzene rings is 1. The van der Waals surface area contributed by atoms with Gasteiger partial charge in [0.25, 0.3) is 0 Å². The molecule has 2 rings (SSSR count). The summed E-state index contributed by atoms with van der Waals surface area (Å²) in [5.74, 6) is 0. The fraction of sp³-hybridized carbons (Fsp3) is 0.312. The topological polar surface area (TPSA) is 73.2 Å². The molecule has 1 unspecified atom stereocenters. The van der Waals surface area contributed by atoms with Crippen molar-refractivity contribution in [1.29, 1.82) is 5.26 Å². The van der Waals surface area contributed by atoms with Gasteiger partial charge in [-0.05, 0) is 24.3 Å². The number of rotatable bonds is 5. The molecule has 0 saturated heterocycles. The summed E-state index contributed by atoms with van der Waals surface area (Å²) in [5, 5.41) is 9.46. The lowest BCUT2D eigenvalue weighted by atomic mass is 10.0. The van der Waals surface area contributed by atoms with E-state index in [2.05, 4.69) is 4.72 Å². The van der Waals surface area contributed by atoms with E-state index in [-0.39, 0.29) is 22.8 Å². The molecule has 10 heteroatoms. The molecule has 26 heavy (non-hydrogen) atoms. The molecule has 1 aliphatic rings. The molecule has 5 nitrogen and oxygen atoms in total. The minimum Gasteiger partial charge on any atom is -0.338 e. The third-order valence-corrected chi connectivity index (χ3v) is 5.46. The molecule has 1 heterocycles.